The van der Waals surface area contributed by atoms with E-state index in [1.165, 1.54) is 6.07 Å². The van der Waals surface area contributed by atoms with Gasteiger partial charge in [0, 0.05) is 16.5 Å². The van der Waals surface area contributed by atoms with Crippen LogP contribution in [0.25, 0.3) is 10.8 Å². The highest BCUT2D eigenvalue weighted by Gasteiger charge is 2.08. The summed E-state index contributed by atoms with van der Waals surface area (Å²) in [5.74, 6) is 0.360. The number of anilines is 2. The molecule has 5 heteroatoms. The molecule has 0 aliphatic carbocycles. The number of nitrogens with zero attached hydrogens (tertiary/aromatic N) is 2. The summed E-state index contributed by atoms with van der Waals surface area (Å²) in [5, 5.41) is 13.2. The van der Waals surface area contributed by atoms with Gasteiger partial charge in [0.15, 0.2) is 11.0 Å². The third-order valence-electron chi connectivity index (χ3n) is 3.06. The Kier molecular flexibility index (Phi) is 3.24. The maximum atomic E-state index is 13.3. The van der Waals surface area contributed by atoms with E-state index >= 15 is 0 Å². The molecule has 0 atom stereocenters. The summed E-state index contributed by atoms with van der Waals surface area (Å²) < 4.78 is 13.3. The van der Waals surface area contributed by atoms with Crippen LogP contribution in [0.2, 0.25) is 5.15 Å². The van der Waals surface area contributed by atoms with Gasteiger partial charge in [-0.25, -0.2) is 4.39 Å². The minimum absolute atomic E-state index is 0.234. The number of rotatable bonds is 2. The number of hydrogen-bond donors (Lipinski definition) is 1. The summed E-state index contributed by atoms with van der Waals surface area (Å²) in [7, 11) is 0. The van der Waals surface area contributed by atoms with Crippen molar-refractivity contribution in [3.05, 3.63) is 59.0 Å². The molecule has 3 nitrogen and oxygen atoms in total. The van der Waals surface area contributed by atoms with E-state index in [2.05, 4.69) is 15.5 Å². The third kappa shape index (κ3) is 2.30. The minimum Gasteiger partial charge on any atom is -0.338 e. The van der Waals surface area contributed by atoms with E-state index in [9.17, 15) is 4.39 Å². The number of nitrogens with one attached hydrogen (secondary N) is 1. The van der Waals surface area contributed by atoms with Gasteiger partial charge in [-0.05, 0) is 30.7 Å². The Labute approximate surface area is 120 Å². The molecule has 2 aromatic carbocycles. The van der Waals surface area contributed by atoms with Crippen molar-refractivity contribution in [1.29, 1.82) is 0 Å². The average molecular weight is 288 g/mol. The largest absolute Gasteiger partial charge is 0.338 e. The number of halogens is 2. The van der Waals surface area contributed by atoms with E-state index in [-0.39, 0.29) is 5.82 Å². The quantitative estimate of drug-likeness (QED) is 0.755. The zero-order valence-corrected chi connectivity index (χ0v) is 11.4. The van der Waals surface area contributed by atoms with Crippen molar-refractivity contribution in [3.8, 4) is 0 Å². The van der Waals surface area contributed by atoms with Gasteiger partial charge in [0.2, 0.25) is 0 Å². The van der Waals surface area contributed by atoms with Crippen molar-refractivity contribution < 1.29 is 4.39 Å². The summed E-state index contributed by atoms with van der Waals surface area (Å²) in [4.78, 5) is 0. The Morgan fingerprint density at radius 2 is 1.80 bits per heavy atom. The molecule has 1 N–H and O–H groups in total. The fraction of sp³-hybridized carbons (Fsp3) is 0.0667. The monoisotopic (exact) mass is 287 g/mol. The molecule has 100 valence electrons. The number of aromatic nitrogens is 2. The van der Waals surface area contributed by atoms with E-state index in [0.717, 1.165) is 16.5 Å². The predicted octanol–water partition coefficient (Wildman–Crippen LogP) is 4.47. The van der Waals surface area contributed by atoms with Crippen LogP contribution < -0.4 is 5.32 Å². The molecule has 1 heterocycles. The van der Waals surface area contributed by atoms with E-state index in [1.54, 1.807) is 19.1 Å². The maximum Gasteiger partial charge on any atom is 0.161 e. The molecular formula is C15H11ClFN3. The average Bonchev–Trinajstić information content (AvgIpc) is 2.46. The number of hydrogen-bond acceptors (Lipinski definition) is 3. The molecule has 3 aromatic rings. The van der Waals surface area contributed by atoms with Gasteiger partial charge in [0.1, 0.15) is 5.82 Å². The molecule has 0 aliphatic rings. The fourth-order valence-corrected chi connectivity index (χ4v) is 2.23. The van der Waals surface area contributed by atoms with Gasteiger partial charge in [0.25, 0.3) is 0 Å². The molecule has 1 aromatic heterocycles. The molecule has 0 aliphatic heterocycles. The number of fused-ring (bicyclic) bond motifs is 1. The van der Waals surface area contributed by atoms with Crippen LogP contribution in [0, 0.1) is 12.7 Å². The van der Waals surface area contributed by atoms with Crippen LogP contribution >= 0.6 is 11.6 Å². The SMILES string of the molecule is Cc1cc(Nc2nnc(Cl)c3ccccc23)ccc1F. The second-order valence-electron chi connectivity index (χ2n) is 4.47. The van der Waals surface area contributed by atoms with Gasteiger partial charge in [-0.2, -0.15) is 0 Å². The van der Waals surface area contributed by atoms with Crippen molar-refractivity contribution >= 4 is 33.9 Å². The normalized spacial score (nSPS) is 10.8. The Hall–Kier alpha value is -2.20. The van der Waals surface area contributed by atoms with E-state index in [4.69, 9.17) is 11.6 Å². The Morgan fingerprint density at radius 1 is 1.05 bits per heavy atom. The number of benzene rings is 2. The lowest BCUT2D eigenvalue weighted by Crippen LogP contribution is -1.98. The van der Waals surface area contributed by atoms with Crippen molar-refractivity contribution in [1.82, 2.24) is 10.2 Å². The Bertz CT molecular complexity index is 789. The first-order valence-corrected chi connectivity index (χ1v) is 6.47. The summed E-state index contributed by atoms with van der Waals surface area (Å²) in [6.45, 7) is 1.71. The molecule has 0 saturated heterocycles. The predicted molar refractivity (Wildman–Crippen MR) is 79.0 cm³/mol. The Morgan fingerprint density at radius 3 is 2.55 bits per heavy atom. The molecule has 0 amide bonds. The summed E-state index contributed by atoms with van der Waals surface area (Å²) in [5.41, 5.74) is 1.33. The molecule has 0 radical (unpaired) electrons. The fourth-order valence-electron chi connectivity index (χ4n) is 2.02. The molecule has 3 rings (SSSR count). The standard InChI is InChI=1S/C15H11ClFN3/c1-9-8-10(6-7-13(9)17)18-15-12-5-3-2-4-11(12)14(16)19-20-15/h2-8H,1H3,(H,18,20). The van der Waals surface area contributed by atoms with Crippen LogP contribution in [0.15, 0.2) is 42.5 Å². The lowest BCUT2D eigenvalue weighted by molar-refractivity contribution is 0.619. The lowest BCUT2D eigenvalue weighted by atomic mass is 10.1. The highest BCUT2D eigenvalue weighted by molar-refractivity contribution is 6.34. The van der Waals surface area contributed by atoms with Crippen LogP contribution in [0.3, 0.4) is 0 Å². The summed E-state index contributed by atoms with van der Waals surface area (Å²) in [6, 6.07) is 12.4. The first-order chi connectivity index (χ1) is 9.65. The first kappa shape index (κ1) is 12.8. The topological polar surface area (TPSA) is 37.8 Å². The molecular weight excluding hydrogens is 277 g/mol. The Balaban J connectivity index is 2.06. The smallest absolute Gasteiger partial charge is 0.161 e. The summed E-state index contributed by atoms with van der Waals surface area (Å²) >= 11 is 6.03. The third-order valence-corrected chi connectivity index (χ3v) is 3.34. The number of aryl methyl sites for hydroxylation is 1. The molecule has 0 unspecified atom stereocenters. The van der Waals surface area contributed by atoms with Crippen LogP contribution in [-0.2, 0) is 0 Å². The van der Waals surface area contributed by atoms with E-state index < -0.39 is 0 Å². The molecule has 0 spiro atoms. The van der Waals surface area contributed by atoms with Gasteiger partial charge < -0.3 is 5.32 Å². The zero-order chi connectivity index (χ0) is 14.1. The maximum absolute atomic E-state index is 13.3. The van der Waals surface area contributed by atoms with Crippen LogP contribution in [-0.4, -0.2) is 10.2 Å². The van der Waals surface area contributed by atoms with Crippen molar-refractivity contribution in [2.24, 2.45) is 0 Å². The van der Waals surface area contributed by atoms with Crippen LogP contribution in [0.5, 0.6) is 0 Å². The van der Waals surface area contributed by atoms with Crippen LogP contribution in [0.4, 0.5) is 15.9 Å². The van der Waals surface area contributed by atoms with Gasteiger partial charge in [-0.15, -0.1) is 10.2 Å². The lowest BCUT2D eigenvalue weighted by Gasteiger charge is -2.09. The zero-order valence-electron chi connectivity index (χ0n) is 10.7. The minimum atomic E-state index is -0.234. The van der Waals surface area contributed by atoms with Crippen molar-refractivity contribution in [3.63, 3.8) is 0 Å². The van der Waals surface area contributed by atoms with Gasteiger partial charge in [-0.1, -0.05) is 35.9 Å². The second kappa shape index (κ2) is 5.06. The highest BCUT2D eigenvalue weighted by atomic mass is 35.5. The summed E-state index contributed by atoms with van der Waals surface area (Å²) in [6.07, 6.45) is 0. The second-order valence-corrected chi connectivity index (χ2v) is 4.83. The first-order valence-electron chi connectivity index (χ1n) is 6.09. The van der Waals surface area contributed by atoms with Crippen LogP contribution in [0.1, 0.15) is 5.56 Å². The van der Waals surface area contributed by atoms with Gasteiger partial charge in [-0.3, -0.25) is 0 Å². The van der Waals surface area contributed by atoms with Crippen molar-refractivity contribution in [2.45, 2.75) is 6.92 Å². The van der Waals surface area contributed by atoms with Gasteiger partial charge in [0.05, 0.1) is 0 Å². The van der Waals surface area contributed by atoms with E-state index in [0.29, 0.717) is 16.5 Å². The molecule has 0 saturated carbocycles. The molecule has 20 heavy (non-hydrogen) atoms. The molecule has 0 bridgehead atoms. The van der Waals surface area contributed by atoms with Gasteiger partial charge >= 0.3 is 0 Å². The highest BCUT2D eigenvalue weighted by Crippen LogP contribution is 2.28. The van der Waals surface area contributed by atoms with E-state index in [1.807, 2.05) is 24.3 Å². The molecule has 0 fully saturated rings. The van der Waals surface area contributed by atoms with Crippen molar-refractivity contribution in [2.75, 3.05) is 5.32 Å².